The predicted octanol–water partition coefficient (Wildman–Crippen LogP) is 4.17. The van der Waals surface area contributed by atoms with Crippen molar-refractivity contribution in [3.8, 4) is 22.8 Å². The minimum Gasteiger partial charge on any atom is -0.496 e. The summed E-state index contributed by atoms with van der Waals surface area (Å²) in [6.07, 6.45) is 0.531. The fraction of sp³-hybridized carbons (Fsp3) is 0.269. The Morgan fingerprint density at radius 2 is 2.03 bits per heavy atom. The van der Waals surface area contributed by atoms with Crippen molar-refractivity contribution < 1.29 is 19.1 Å². The molecule has 1 fully saturated rings. The third kappa shape index (κ3) is 4.63. The Balaban J connectivity index is 1.32. The summed E-state index contributed by atoms with van der Waals surface area (Å²) in [5.74, 6) is 2.24. The van der Waals surface area contributed by atoms with Crippen LogP contribution in [0.1, 0.15) is 24.3 Å². The summed E-state index contributed by atoms with van der Waals surface area (Å²) in [5.41, 5.74) is 7.36. The van der Waals surface area contributed by atoms with Crippen molar-refractivity contribution >= 4 is 22.8 Å². The van der Waals surface area contributed by atoms with E-state index in [4.69, 9.17) is 14.3 Å². The van der Waals surface area contributed by atoms with E-state index in [0.29, 0.717) is 18.9 Å². The summed E-state index contributed by atoms with van der Waals surface area (Å²) in [5, 5.41) is 7.21. The zero-order chi connectivity index (χ0) is 25.1. The molecule has 4 aromatic rings. The molecule has 1 aliphatic heterocycles. The topological polar surface area (TPSA) is 112 Å². The van der Waals surface area contributed by atoms with Gasteiger partial charge in [0.15, 0.2) is 0 Å². The van der Waals surface area contributed by atoms with Crippen molar-refractivity contribution in [3.63, 3.8) is 0 Å². The van der Waals surface area contributed by atoms with Gasteiger partial charge < -0.3 is 24.2 Å². The quantitative estimate of drug-likeness (QED) is 0.322. The number of rotatable bonds is 9. The molecule has 1 amide bonds. The van der Waals surface area contributed by atoms with Crippen LogP contribution >= 0.6 is 0 Å². The molecular weight excluding hydrogens is 460 g/mol. The smallest absolute Gasteiger partial charge is 0.427 e. The Morgan fingerprint density at radius 3 is 2.81 bits per heavy atom. The molecule has 5 rings (SSSR count). The molecule has 1 atom stereocenters. The van der Waals surface area contributed by atoms with E-state index in [9.17, 15) is 4.79 Å². The normalized spacial score (nSPS) is 15.0. The molecule has 1 aliphatic rings. The number of carbonyl (C=O) groups is 1. The number of fused-ring (bicyclic) bond motifs is 1. The van der Waals surface area contributed by atoms with Crippen molar-refractivity contribution in [2.75, 3.05) is 25.6 Å². The summed E-state index contributed by atoms with van der Waals surface area (Å²) in [7, 11) is 1.69. The number of benzene rings is 2. The van der Waals surface area contributed by atoms with Crippen LogP contribution in [0.5, 0.6) is 11.5 Å². The van der Waals surface area contributed by atoms with Crippen molar-refractivity contribution in [3.05, 3.63) is 66.1 Å². The van der Waals surface area contributed by atoms with Gasteiger partial charge in [0.1, 0.15) is 29.8 Å². The number of aromatic nitrogens is 3. The average molecular weight is 489 g/mol. The zero-order valence-electron chi connectivity index (χ0n) is 20.4. The van der Waals surface area contributed by atoms with E-state index in [1.54, 1.807) is 13.4 Å². The van der Waals surface area contributed by atoms with E-state index in [2.05, 4.69) is 49.7 Å². The van der Waals surface area contributed by atoms with Gasteiger partial charge in [-0.1, -0.05) is 18.2 Å². The molecule has 1 saturated heterocycles. The molecule has 10 heteroatoms. The van der Waals surface area contributed by atoms with Gasteiger partial charge in [-0.3, -0.25) is 5.32 Å². The fourth-order valence-electron chi connectivity index (χ4n) is 4.42. The summed E-state index contributed by atoms with van der Waals surface area (Å²) >= 11 is 0. The second kappa shape index (κ2) is 10.1. The third-order valence-electron chi connectivity index (χ3n) is 6.09. The highest BCUT2D eigenvalue weighted by Crippen LogP contribution is 2.32. The molecule has 186 valence electrons. The summed E-state index contributed by atoms with van der Waals surface area (Å²) in [6, 6.07) is 15.9. The Kier molecular flexibility index (Phi) is 6.59. The summed E-state index contributed by atoms with van der Waals surface area (Å²) in [6.45, 7) is 5.95. The van der Waals surface area contributed by atoms with Crippen LogP contribution < -0.4 is 25.6 Å². The van der Waals surface area contributed by atoms with E-state index in [-0.39, 0.29) is 0 Å². The number of hydrogen-bond donors (Lipinski definition) is 3. The molecular formula is C26H28N6O4. The van der Waals surface area contributed by atoms with Crippen LogP contribution in [0.15, 0.2) is 54.9 Å². The van der Waals surface area contributed by atoms with Crippen molar-refractivity contribution in [1.82, 2.24) is 25.3 Å². The number of ether oxygens (including phenoxy) is 2. The molecule has 0 saturated carbocycles. The van der Waals surface area contributed by atoms with E-state index in [1.807, 2.05) is 43.3 Å². The molecule has 0 bridgehead atoms. The zero-order valence-corrected chi connectivity index (χ0v) is 20.4. The molecule has 2 aromatic carbocycles. The van der Waals surface area contributed by atoms with E-state index < -0.39 is 12.3 Å². The highest BCUT2D eigenvalue weighted by molar-refractivity contribution is 5.87. The highest BCUT2D eigenvalue weighted by Gasteiger charge is 2.26. The Labute approximate surface area is 208 Å². The van der Waals surface area contributed by atoms with Crippen LogP contribution in [0.25, 0.3) is 22.2 Å². The maximum Gasteiger partial charge on any atom is 0.427 e. The van der Waals surface area contributed by atoms with Gasteiger partial charge in [-0.25, -0.2) is 14.8 Å². The molecule has 2 aromatic heterocycles. The number of carbonyl (C=O) groups excluding carboxylic acids is 1. The van der Waals surface area contributed by atoms with Crippen LogP contribution in [-0.4, -0.2) is 40.9 Å². The van der Waals surface area contributed by atoms with Gasteiger partial charge in [-0.05, 0) is 38.1 Å². The molecule has 10 nitrogen and oxygen atoms in total. The second-order valence-electron chi connectivity index (χ2n) is 8.32. The lowest BCUT2D eigenvalue weighted by molar-refractivity contribution is 0.121. The highest BCUT2D eigenvalue weighted by atomic mass is 16.7. The first kappa shape index (κ1) is 23.4. The Morgan fingerprint density at radius 1 is 1.14 bits per heavy atom. The lowest BCUT2D eigenvalue weighted by atomic mass is 10.1. The molecule has 0 aliphatic carbocycles. The summed E-state index contributed by atoms with van der Waals surface area (Å²) in [4.78, 5) is 25.1. The molecule has 0 spiro atoms. The number of anilines is 1. The predicted molar refractivity (Wildman–Crippen MR) is 136 cm³/mol. The van der Waals surface area contributed by atoms with Crippen molar-refractivity contribution in [2.45, 2.75) is 26.6 Å². The first-order valence-electron chi connectivity index (χ1n) is 11.8. The molecule has 3 N–H and O–H groups in total. The first-order chi connectivity index (χ1) is 17.6. The lowest BCUT2D eigenvalue weighted by Crippen LogP contribution is -2.23. The number of amides is 1. The minimum absolute atomic E-state index is 0.480. The Hall–Kier alpha value is -4.31. The number of hydrogen-bond acceptors (Lipinski definition) is 8. The lowest BCUT2D eigenvalue weighted by Gasteiger charge is -2.16. The number of aryl methyl sites for hydroxylation is 1. The van der Waals surface area contributed by atoms with E-state index >= 15 is 0 Å². The van der Waals surface area contributed by atoms with Crippen LogP contribution in [0.2, 0.25) is 0 Å². The van der Waals surface area contributed by atoms with Gasteiger partial charge in [0.05, 0.1) is 24.9 Å². The SMILES string of the molecule is CCOc1cc(-c2cc(NCCn3c(C)cc4c(OC)cccc43)ncn2)ccc1C1NOC(=O)N1. The van der Waals surface area contributed by atoms with Gasteiger partial charge in [-0.15, -0.1) is 5.48 Å². The van der Waals surface area contributed by atoms with Gasteiger partial charge in [0, 0.05) is 41.4 Å². The van der Waals surface area contributed by atoms with E-state index in [0.717, 1.165) is 45.8 Å². The molecule has 1 unspecified atom stereocenters. The number of methoxy groups -OCH3 is 1. The third-order valence-corrected chi connectivity index (χ3v) is 6.09. The van der Waals surface area contributed by atoms with E-state index in [1.165, 1.54) is 5.69 Å². The standard InChI is InChI=1S/C26H28N6O4/c1-4-35-23-13-17(8-9-18(23)25-30-26(33)36-31-25)20-14-24(29-15-28-20)27-10-11-32-16(2)12-19-21(32)6-5-7-22(19)34-3/h5-9,12-15,25,31H,4,10-11H2,1-3H3,(H,30,33)(H,27,28,29). The van der Waals surface area contributed by atoms with Gasteiger partial charge >= 0.3 is 6.09 Å². The maximum atomic E-state index is 11.4. The van der Waals surface area contributed by atoms with Crippen LogP contribution in [0.4, 0.5) is 10.6 Å². The van der Waals surface area contributed by atoms with Crippen molar-refractivity contribution in [2.24, 2.45) is 0 Å². The largest absolute Gasteiger partial charge is 0.496 e. The van der Waals surface area contributed by atoms with Gasteiger partial charge in [-0.2, -0.15) is 0 Å². The van der Waals surface area contributed by atoms with Gasteiger partial charge in [0.2, 0.25) is 0 Å². The maximum absolute atomic E-state index is 11.4. The Bertz CT molecular complexity index is 1400. The molecule has 3 heterocycles. The van der Waals surface area contributed by atoms with Crippen molar-refractivity contribution in [1.29, 1.82) is 0 Å². The van der Waals surface area contributed by atoms with Crippen LogP contribution in [0.3, 0.4) is 0 Å². The summed E-state index contributed by atoms with van der Waals surface area (Å²) < 4.78 is 13.6. The minimum atomic E-state index is -0.528. The number of nitrogens with one attached hydrogen (secondary N) is 3. The fourth-order valence-corrected chi connectivity index (χ4v) is 4.42. The monoisotopic (exact) mass is 488 g/mol. The number of hydroxylamine groups is 1. The van der Waals surface area contributed by atoms with Gasteiger partial charge in [0.25, 0.3) is 0 Å². The second-order valence-corrected chi connectivity index (χ2v) is 8.32. The molecule has 36 heavy (non-hydrogen) atoms. The van der Waals surface area contributed by atoms with Crippen LogP contribution in [0, 0.1) is 6.92 Å². The average Bonchev–Trinajstić information content (AvgIpc) is 3.47. The molecule has 0 radical (unpaired) electrons. The first-order valence-corrected chi connectivity index (χ1v) is 11.8. The van der Waals surface area contributed by atoms with Crippen LogP contribution in [-0.2, 0) is 11.4 Å². The number of nitrogens with zero attached hydrogens (tertiary/aromatic N) is 3.